The highest BCUT2D eigenvalue weighted by atomic mass is 32.1. The fraction of sp³-hybridized carbons (Fsp3) is 0.412. The lowest BCUT2D eigenvalue weighted by Gasteiger charge is -2.09. The van der Waals surface area contributed by atoms with Crippen LogP contribution in [0.4, 0.5) is 0 Å². The molecule has 0 fully saturated rings. The molecule has 1 N–H and O–H groups in total. The third-order valence-corrected chi connectivity index (χ3v) is 5.18. The van der Waals surface area contributed by atoms with Gasteiger partial charge in [-0.2, -0.15) is 5.10 Å². The van der Waals surface area contributed by atoms with Crippen molar-refractivity contribution >= 4 is 27.5 Å². The van der Waals surface area contributed by atoms with Crippen LogP contribution in [0.15, 0.2) is 17.5 Å². The van der Waals surface area contributed by atoms with Gasteiger partial charge in [-0.3, -0.25) is 9.48 Å². The van der Waals surface area contributed by atoms with Crippen LogP contribution in [0.5, 0.6) is 0 Å². The second kappa shape index (κ2) is 6.20. The SMILES string of the molecule is CCn1nc(C)c(CNC(=O)c2cc3sccc3n2CC)c1C. The fourth-order valence-electron chi connectivity index (χ4n) is 3.06. The van der Waals surface area contributed by atoms with Gasteiger partial charge < -0.3 is 9.88 Å². The van der Waals surface area contributed by atoms with Crippen molar-refractivity contribution in [1.29, 1.82) is 0 Å². The van der Waals surface area contributed by atoms with Gasteiger partial charge in [-0.1, -0.05) is 0 Å². The first kappa shape index (κ1) is 15.8. The third-order valence-electron chi connectivity index (χ3n) is 4.33. The van der Waals surface area contributed by atoms with Gasteiger partial charge in [0, 0.05) is 30.9 Å². The van der Waals surface area contributed by atoms with E-state index < -0.39 is 0 Å². The predicted octanol–water partition coefficient (Wildman–Crippen LogP) is 3.49. The second-order valence-corrected chi connectivity index (χ2v) is 6.54. The fourth-order valence-corrected chi connectivity index (χ4v) is 3.89. The monoisotopic (exact) mass is 330 g/mol. The van der Waals surface area contributed by atoms with Crippen molar-refractivity contribution in [2.75, 3.05) is 0 Å². The van der Waals surface area contributed by atoms with Gasteiger partial charge in [0.15, 0.2) is 0 Å². The minimum Gasteiger partial charge on any atom is -0.347 e. The highest BCUT2D eigenvalue weighted by Crippen LogP contribution is 2.25. The Bertz CT molecular complexity index is 856. The van der Waals surface area contributed by atoms with E-state index in [0.717, 1.165) is 46.0 Å². The average Bonchev–Trinajstić information content (AvgIpc) is 3.18. The first-order valence-electron chi connectivity index (χ1n) is 7.94. The molecule has 122 valence electrons. The highest BCUT2D eigenvalue weighted by molar-refractivity contribution is 7.17. The van der Waals surface area contributed by atoms with Gasteiger partial charge in [-0.15, -0.1) is 11.3 Å². The molecule has 0 aliphatic heterocycles. The lowest BCUT2D eigenvalue weighted by molar-refractivity contribution is 0.0942. The number of aryl methyl sites for hydroxylation is 3. The van der Waals surface area contributed by atoms with E-state index in [1.807, 2.05) is 17.7 Å². The Hall–Kier alpha value is -2.08. The normalized spacial score (nSPS) is 11.3. The van der Waals surface area contributed by atoms with Crippen LogP contribution in [-0.2, 0) is 19.6 Å². The van der Waals surface area contributed by atoms with E-state index in [-0.39, 0.29) is 5.91 Å². The van der Waals surface area contributed by atoms with Crippen LogP contribution in [-0.4, -0.2) is 20.3 Å². The zero-order valence-corrected chi connectivity index (χ0v) is 14.8. The first-order valence-corrected chi connectivity index (χ1v) is 8.82. The van der Waals surface area contributed by atoms with Crippen molar-refractivity contribution in [2.45, 2.75) is 47.3 Å². The largest absolute Gasteiger partial charge is 0.347 e. The Morgan fingerprint density at radius 3 is 2.74 bits per heavy atom. The molecular weight excluding hydrogens is 308 g/mol. The molecule has 0 saturated heterocycles. The minimum atomic E-state index is -0.0294. The smallest absolute Gasteiger partial charge is 0.268 e. The maximum atomic E-state index is 12.6. The molecule has 23 heavy (non-hydrogen) atoms. The number of thiophene rings is 1. The summed E-state index contributed by atoms with van der Waals surface area (Å²) in [5.41, 5.74) is 5.08. The molecule has 0 aliphatic rings. The van der Waals surface area contributed by atoms with E-state index >= 15 is 0 Å². The molecule has 1 amide bonds. The molecule has 3 rings (SSSR count). The number of fused-ring (bicyclic) bond motifs is 1. The summed E-state index contributed by atoms with van der Waals surface area (Å²) in [5.74, 6) is -0.0294. The number of nitrogens with one attached hydrogen (secondary N) is 1. The van der Waals surface area contributed by atoms with Crippen molar-refractivity contribution in [3.8, 4) is 0 Å². The van der Waals surface area contributed by atoms with Gasteiger partial charge in [0.2, 0.25) is 0 Å². The molecule has 0 aromatic carbocycles. The summed E-state index contributed by atoms with van der Waals surface area (Å²) >= 11 is 1.67. The number of hydrogen-bond donors (Lipinski definition) is 1. The molecule has 0 aliphatic carbocycles. The van der Waals surface area contributed by atoms with Crippen molar-refractivity contribution in [2.24, 2.45) is 0 Å². The summed E-state index contributed by atoms with van der Waals surface area (Å²) in [7, 11) is 0. The van der Waals surface area contributed by atoms with E-state index in [0.29, 0.717) is 6.54 Å². The lowest BCUT2D eigenvalue weighted by Crippen LogP contribution is -2.25. The van der Waals surface area contributed by atoms with Crippen LogP contribution in [0, 0.1) is 13.8 Å². The Morgan fingerprint density at radius 2 is 2.09 bits per heavy atom. The number of nitrogens with zero attached hydrogens (tertiary/aromatic N) is 3. The van der Waals surface area contributed by atoms with E-state index in [2.05, 4.69) is 47.2 Å². The van der Waals surface area contributed by atoms with Crippen molar-refractivity contribution in [1.82, 2.24) is 19.7 Å². The van der Waals surface area contributed by atoms with Crippen LogP contribution in [0.25, 0.3) is 10.2 Å². The zero-order valence-electron chi connectivity index (χ0n) is 14.0. The summed E-state index contributed by atoms with van der Waals surface area (Å²) in [5, 5.41) is 9.61. The number of carbonyl (C=O) groups is 1. The molecule has 5 nitrogen and oxygen atoms in total. The molecule has 0 unspecified atom stereocenters. The molecule has 0 atom stereocenters. The molecule has 3 heterocycles. The molecule has 0 spiro atoms. The predicted molar refractivity (Wildman–Crippen MR) is 94.0 cm³/mol. The van der Waals surface area contributed by atoms with Gasteiger partial charge in [-0.25, -0.2) is 0 Å². The Morgan fingerprint density at radius 1 is 1.30 bits per heavy atom. The van der Waals surface area contributed by atoms with Crippen LogP contribution >= 0.6 is 11.3 Å². The maximum absolute atomic E-state index is 12.6. The standard InChI is InChI=1S/C17H22N4OS/c1-5-20-14-7-8-23-16(14)9-15(20)17(22)18-10-13-11(3)19-21(6-2)12(13)4/h7-9H,5-6,10H2,1-4H3,(H,18,22). The highest BCUT2D eigenvalue weighted by Gasteiger charge is 2.17. The van der Waals surface area contributed by atoms with Crippen LogP contribution in [0.1, 0.15) is 41.3 Å². The Kier molecular flexibility index (Phi) is 4.26. The summed E-state index contributed by atoms with van der Waals surface area (Å²) in [6, 6.07) is 4.05. The summed E-state index contributed by atoms with van der Waals surface area (Å²) < 4.78 is 5.20. The van der Waals surface area contributed by atoms with Gasteiger partial charge in [0.1, 0.15) is 5.69 Å². The number of amides is 1. The van der Waals surface area contributed by atoms with E-state index in [1.165, 1.54) is 0 Å². The Balaban J connectivity index is 1.81. The summed E-state index contributed by atoms with van der Waals surface area (Å²) in [6.45, 7) is 10.3. The number of rotatable bonds is 5. The van der Waals surface area contributed by atoms with Gasteiger partial charge >= 0.3 is 0 Å². The molecular formula is C17H22N4OS. The van der Waals surface area contributed by atoms with Crippen molar-refractivity contribution in [3.63, 3.8) is 0 Å². The topological polar surface area (TPSA) is 51.9 Å². The molecule has 0 radical (unpaired) electrons. The van der Waals surface area contributed by atoms with Gasteiger partial charge in [0.25, 0.3) is 5.91 Å². The average molecular weight is 330 g/mol. The molecule has 3 aromatic rings. The van der Waals surface area contributed by atoms with Crippen LogP contribution in [0.2, 0.25) is 0 Å². The number of hydrogen-bond acceptors (Lipinski definition) is 3. The third kappa shape index (κ3) is 2.67. The number of aromatic nitrogens is 3. The van der Waals surface area contributed by atoms with E-state index in [4.69, 9.17) is 0 Å². The lowest BCUT2D eigenvalue weighted by atomic mass is 10.2. The molecule has 0 saturated carbocycles. The van der Waals surface area contributed by atoms with Crippen LogP contribution < -0.4 is 5.32 Å². The summed E-state index contributed by atoms with van der Waals surface area (Å²) in [4.78, 5) is 12.6. The first-order chi connectivity index (χ1) is 11.1. The second-order valence-electron chi connectivity index (χ2n) is 5.59. The molecule has 3 aromatic heterocycles. The van der Waals surface area contributed by atoms with Gasteiger partial charge in [0.05, 0.1) is 15.9 Å². The maximum Gasteiger partial charge on any atom is 0.268 e. The minimum absolute atomic E-state index is 0.0294. The Labute approximate surface area is 139 Å². The van der Waals surface area contributed by atoms with Gasteiger partial charge in [-0.05, 0) is 45.2 Å². The van der Waals surface area contributed by atoms with E-state index in [9.17, 15) is 4.79 Å². The quantitative estimate of drug-likeness (QED) is 0.778. The molecule has 0 bridgehead atoms. The summed E-state index contributed by atoms with van der Waals surface area (Å²) in [6.07, 6.45) is 0. The van der Waals surface area contributed by atoms with Crippen molar-refractivity contribution in [3.05, 3.63) is 40.2 Å². The number of carbonyl (C=O) groups excluding carboxylic acids is 1. The zero-order chi connectivity index (χ0) is 16.6. The molecule has 6 heteroatoms. The van der Waals surface area contributed by atoms with Crippen LogP contribution in [0.3, 0.4) is 0 Å². The van der Waals surface area contributed by atoms with E-state index in [1.54, 1.807) is 11.3 Å². The van der Waals surface area contributed by atoms with Crippen molar-refractivity contribution < 1.29 is 4.79 Å².